The summed E-state index contributed by atoms with van der Waals surface area (Å²) in [4.78, 5) is 9.84. The van der Waals surface area contributed by atoms with Crippen LogP contribution in [0.3, 0.4) is 0 Å². The predicted molar refractivity (Wildman–Crippen MR) is 106 cm³/mol. The molecule has 1 N–H and O–H groups in total. The molecule has 2 rings (SSSR count). The van der Waals surface area contributed by atoms with E-state index in [9.17, 15) is 30.8 Å². The molecule has 0 saturated carbocycles. The van der Waals surface area contributed by atoms with Gasteiger partial charge in [0.15, 0.2) is 16.5 Å². The highest BCUT2D eigenvalue weighted by atomic mass is 127. The minimum atomic E-state index is -5.60. The van der Waals surface area contributed by atoms with Crippen molar-refractivity contribution in [1.29, 1.82) is 0 Å². The quantitative estimate of drug-likeness (QED) is 0.0958. The molecule has 0 radical (unpaired) electrons. The molecule has 0 amide bonds. The first-order chi connectivity index (χ1) is 11.9. The van der Waals surface area contributed by atoms with Crippen molar-refractivity contribution in [2.75, 3.05) is 0 Å². The minimum Gasteiger partial charge on any atom is -0.416 e. The van der Waals surface area contributed by atoms with Gasteiger partial charge in [-0.1, -0.05) is 0 Å². The van der Waals surface area contributed by atoms with Gasteiger partial charge in [0, 0.05) is 10.7 Å². The van der Waals surface area contributed by atoms with Gasteiger partial charge in [0.25, 0.3) is 0 Å². The standard InChI is InChI=1S/C13H3F4I3O5S/c14-6-8(16)12(26(22,23)24)9(17)7(15)11(6)25-13(21)3-1-4(18)10(20)5(19)2-3/h1-2H,(H,22,23,24). The Morgan fingerprint density at radius 3 is 1.73 bits per heavy atom. The zero-order valence-electron chi connectivity index (χ0n) is 11.8. The highest BCUT2D eigenvalue weighted by molar-refractivity contribution is 14.1. The molecule has 2 aromatic rings. The lowest BCUT2D eigenvalue weighted by Gasteiger charge is -2.11. The van der Waals surface area contributed by atoms with Crippen LogP contribution in [0.2, 0.25) is 0 Å². The van der Waals surface area contributed by atoms with E-state index in [0.29, 0.717) is 7.14 Å². The average Bonchev–Trinajstić information content (AvgIpc) is 2.53. The zero-order valence-corrected chi connectivity index (χ0v) is 19.1. The summed E-state index contributed by atoms with van der Waals surface area (Å²) in [7, 11) is -5.60. The summed E-state index contributed by atoms with van der Waals surface area (Å²) in [5, 5.41) is 0. The molecule has 0 heterocycles. The summed E-state index contributed by atoms with van der Waals surface area (Å²) < 4.78 is 92.1. The van der Waals surface area contributed by atoms with Gasteiger partial charge < -0.3 is 4.74 Å². The van der Waals surface area contributed by atoms with Crippen LogP contribution in [-0.2, 0) is 10.1 Å². The van der Waals surface area contributed by atoms with Crippen LogP contribution >= 0.6 is 67.8 Å². The first kappa shape index (κ1) is 22.0. The van der Waals surface area contributed by atoms with E-state index in [2.05, 4.69) is 4.74 Å². The van der Waals surface area contributed by atoms with Crippen molar-refractivity contribution in [3.63, 3.8) is 0 Å². The Balaban J connectivity index is 2.56. The highest BCUT2D eigenvalue weighted by Gasteiger charge is 2.34. The molecule has 13 heteroatoms. The van der Waals surface area contributed by atoms with Gasteiger partial charge in [-0.2, -0.15) is 17.2 Å². The zero-order chi connectivity index (χ0) is 20.0. The van der Waals surface area contributed by atoms with E-state index >= 15 is 0 Å². The molecule has 0 unspecified atom stereocenters. The first-order valence-corrected chi connectivity index (χ1v) is 10.7. The summed E-state index contributed by atoms with van der Waals surface area (Å²) in [6, 6.07) is 2.64. The van der Waals surface area contributed by atoms with Crippen molar-refractivity contribution < 1.29 is 40.1 Å². The monoisotopic (exact) mass is 728 g/mol. The van der Waals surface area contributed by atoms with Crippen molar-refractivity contribution in [3.05, 3.63) is 51.7 Å². The molecule has 0 aliphatic heterocycles. The third kappa shape index (κ3) is 4.25. The molecular weight excluding hydrogens is 725 g/mol. The molecule has 0 fully saturated rings. The Kier molecular flexibility index (Phi) is 6.77. The second-order valence-corrected chi connectivity index (χ2v) is 9.29. The maximum Gasteiger partial charge on any atom is 0.343 e. The molecule has 0 saturated heterocycles. The Hall–Kier alpha value is -0.270. The largest absolute Gasteiger partial charge is 0.416 e. The van der Waals surface area contributed by atoms with Crippen molar-refractivity contribution in [2.24, 2.45) is 0 Å². The molecule has 2 aromatic carbocycles. The van der Waals surface area contributed by atoms with Crippen molar-refractivity contribution in [2.45, 2.75) is 4.90 Å². The van der Waals surface area contributed by atoms with E-state index in [1.807, 2.05) is 67.8 Å². The lowest BCUT2D eigenvalue weighted by molar-refractivity contribution is 0.0716. The molecular formula is C13H3F4I3O5S. The number of hydrogen-bond donors (Lipinski definition) is 1. The van der Waals surface area contributed by atoms with Gasteiger partial charge in [0.2, 0.25) is 17.4 Å². The number of halogens is 7. The van der Waals surface area contributed by atoms with Gasteiger partial charge in [-0.05, 0) is 79.9 Å². The fraction of sp³-hybridized carbons (Fsp3) is 0. The van der Waals surface area contributed by atoms with Crippen LogP contribution in [-0.4, -0.2) is 18.9 Å². The molecule has 0 spiro atoms. The molecule has 140 valence electrons. The van der Waals surface area contributed by atoms with Crippen LogP contribution in [0.15, 0.2) is 17.0 Å². The Bertz CT molecular complexity index is 991. The van der Waals surface area contributed by atoms with E-state index in [1.165, 1.54) is 12.1 Å². The Labute approximate surface area is 184 Å². The number of hydrogen-bond acceptors (Lipinski definition) is 4. The molecule has 0 aliphatic carbocycles. The van der Waals surface area contributed by atoms with Crippen LogP contribution in [0.4, 0.5) is 17.6 Å². The van der Waals surface area contributed by atoms with Crippen LogP contribution in [0, 0.1) is 34.0 Å². The summed E-state index contributed by atoms with van der Waals surface area (Å²) in [5.41, 5.74) is -0.155. The first-order valence-electron chi connectivity index (χ1n) is 6.06. The van der Waals surface area contributed by atoms with E-state index in [-0.39, 0.29) is 5.56 Å². The molecule has 5 nitrogen and oxygen atoms in total. The van der Waals surface area contributed by atoms with Crippen LogP contribution < -0.4 is 4.74 Å². The number of benzene rings is 2. The molecule has 0 atom stereocenters. The lowest BCUT2D eigenvalue weighted by atomic mass is 10.2. The van der Waals surface area contributed by atoms with Crippen molar-refractivity contribution >= 4 is 83.9 Å². The van der Waals surface area contributed by atoms with Crippen LogP contribution in [0.5, 0.6) is 5.75 Å². The fourth-order valence-corrected chi connectivity index (χ4v) is 4.44. The van der Waals surface area contributed by atoms with Gasteiger partial charge in [-0.3, -0.25) is 4.55 Å². The number of rotatable bonds is 3. The van der Waals surface area contributed by atoms with E-state index in [4.69, 9.17) is 4.55 Å². The van der Waals surface area contributed by atoms with E-state index in [1.54, 1.807) is 0 Å². The smallest absolute Gasteiger partial charge is 0.343 e. The van der Waals surface area contributed by atoms with E-state index < -0.39 is 50.0 Å². The van der Waals surface area contributed by atoms with Gasteiger partial charge in [-0.25, -0.2) is 13.6 Å². The highest BCUT2D eigenvalue weighted by Crippen LogP contribution is 2.33. The van der Waals surface area contributed by atoms with Gasteiger partial charge >= 0.3 is 16.1 Å². The third-order valence-electron chi connectivity index (χ3n) is 2.86. The second kappa shape index (κ2) is 8.00. The fourth-order valence-electron chi connectivity index (χ4n) is 1.73. The maximum absolute atomic E-state index is 13.9. The second-order valence-electron chi connectivity index (χ2n) is 4.53. The summed E-state index contributed by atoms with van der Waals surface area (Å²) >= 11 is 5.78. The number of esters is 1. The van der Waals surface area contributed by atoms with Gasteiger partial charge in [0.05, 0.1) is 5.56 Å². The number of carbonyl (C=O) groups is 1. The average molecular weight is 728 g/mol. The summed E-state index contributed by atoms with van der Waals surface area (Å²) in [6.45, 7) is 0. The molecule has 26 heavy (non-hydrogen) atoms. The molecule has 0 aliphatic rings. The number of ether oxygens (including phenoxy) is 1. The number of carbonyl (C=O) groups excluding carboxylic acids is 1. The summed E-state index contributed by atoms with van der Waals surface area (Å²) in [6.07, 6.45) is 0. The van der Waals surface area contributed by atoms with Gasteiger partial charge in [0.1, 0.15) is 0 Å². The predicted octanol–water partition coefficient (Wildman–Crippen LogP) is 4.52. The topological polar surface area (TPSA) is 80.7 Å². The Morgan fingerprint density at radius 1 is 0.923 bits per heavy atom. The normalized spacial score (nSPS) is 11.5. The maximum atomic E-state index is 13.9. The minimum absolute atomic E-state index is 0.155. The van der Waals surface area contributed by atoms with Crippen molar-refractivity contribution in [3.8, 4) is 5.75 Å². The molecule has 0 bridgehead atoms. The summed E-state index contributed by atoms with van der Waals surface area (Å²) in [5.74, 6) is -12.5. The third-order valence-corrected chi connectivity index (χ3v) is 8.66. The lowest BCUT2D eigenvalue weighted by Crippen LogP contribution is -2.16. The Morgan fingerprint density at radius 2 is 1.35 bits per heavy atom. The van der Waals surface area contributed by atoms with E-state index in [0.717, 1.165) is 3.57 Å². The van der Waals surface area contributed by atoms with Crippen LogP contribution in [0.1, 0.15) is 10.4 Å². The van der Waals surface area contributed by atoms with Crippen molar-refractivity contribution in [1.82, 2.24) is 0 Å². The molecule has 0 aromatic heterocycles. The SMILES string of the molecule is O=C(Oc1c(F)c(F)c(S(=O)(=O)O)c(F)c1F)c1cc(I)c(I)c(I)c1. The van der Waals surface area contributed by atoms with Gasteiger partial charge in [-0.15, -0.1) is 0 Å². The van der Waals surface area contributed by atoms with Crippen LogP contribution in [0.25, 0.3) is 0 Å².